The maximum atomic E-state index is 12.9. The number of hydrogen-bond donors (Lipinski definition) is 3. The highest BCUT2D eigenvalue weighted by Crippen LogP contribution is 2.08. The summed E-state index contributed by atoms with van der Waals surface area (Å²) in [4.78, 5) is 22.7. The van der Waals surface area contributed by atoms with Crippen LogP contribution in [0.15, 0.2) is 48.5 Å². The molecule has 0 aromatic heterocycles. The van der Waals surface area contributed by atoms with Crippen LogP contribution in [-0.2, 0) is 17.6 Å². The van der Waals surface area contributed by atoms with Crippen LogP contribution in [0.1, 0.15) is 34.8 Å². The summed E-state index contributed by atoms with van der Waals surface area (Å²) in [6.07, 6.45) is 0.826. The molecule has 0 aliphatic rings. The molecule has 0 heterocycles. The number of hydrazine groups is 1. The van der Waals surface area contributed by atoms with Crippen LogP contribution in [0.2, 0.25) is 0 Å². The van der Waals surface area contributed by atoms with Crippen LogP contribution in [0.25, 0.3) is 0 Å². The van der Waals surface area contributed by atoms with E-state index >= 15 is 0 Å². The van der Waals surface area contributed by atoms with E-state index in [1.165, 1.54) is 36.2 Å². The molecule has 3 N–H and O–H groups in total. The number of aliphatic hydroxyl groups is 1. The Morgan fingerprint density at radius 1 is 1.07 bits per heavy atom. The van der Waals surface area contributed by atoms with Gasteiger partial charge in [-0.25, -0.2) is 14.6 Å². The van der Waals surface area contributed by atoms with Crippen LogP contribution in [0, 0.1) is 5.82 Å². The predicted molar refractivity (Wildman–Crippen MR) is 103 cm³/mol. The van der Waals surface area contributed by atoms with Crippen molar-refractivity contribution in [3.8, 4) is 0 Å². The topological polar surface area (TPSA) is 89.9 Å². The number of carbonyl (C=O) groups is 2. The summed E-state index contributed by atoms with van der Waals surface area (Å²) in [6.45, 7) is 2.30. The highest BCUT2D eigenvalue weighted by molar-refractivity contribution is 5.87. The smallest absolute Gasteiger partial charge is 0.335 e. The molecule has 2 rings (SSSR count). The lowest BCUT2D eigenvalue weighted by Gasteiger charge is -2.23. The Labute approximate surface area is 163 Å². The van der Waals surface area contributed by atoms with Gasteiger partial charge in [0.2, 0.25) is 5.91 Å². The number of carbonyl (C=O) groups excluding carboxylic acids is 1. The highest BCUT2D eigenvalue weighted by Gasteiger charge is 2.11. The summed E-state index contributed by atoms with van der Waals surface area (Å²) in [5, 5.41) is 20.5. The van der Waals surface area contributed by atoms with Crippen LogP contribution >= 0.6 is 0 Å². The Morgan fingerprint density at radius 3 is 2.25 bits per heavy atom. The van der Waals surface area contributed by atoms with Gasteiger partial charge in [0.05, 0.1) is 11.7 Å². The molecule has 2 aromatic carbocycles. The Hall–Kier alpha value is -2.77. The van der Waals surface area contributed by atoms with Crippen molar-refractivity contribution in [2.75, 3.05) is 13.1 Å². The van der Waals surface area contributed by atoms with Crippen molar-refractivity contribution in [3.05, 3.63) is 71.0 Å². The molecule has 0 saturated carbocycles. The lowest BCUT2D eigenvalue weighted by atomic mass is 10.1. The Kier molecular flexibility index (Phi) is 8.10. The number of nitrogens with one attached hydrogen (secondary N) is 1. The van der Waals surface area contributed by atoms with Crippen molar-refractivity contribution >= 4 is 11.9 Å². The second-order valence-corrected chi connectivity index (χ2v) is 6.60. The monoisotopic (exact) mass is 388 g/mol. The zero-order valence-electron chi connectivity index (χ0n) is 15.8. The molecular weight excluding hydrogens is 363 g/mol. The number of carboxylic acid groups (broad SMARTS) is 1. The third-order valence-electron chi connectivity index (χ3n) is 4.37. The Bertz CT molecular complexity index is 778. The molecule has 1 unspecified atom stereocenters. The number of rotatable bonds is 10. The van der Waals surface area contributed by atoms with Gasteiger partial charge < -0.3 is 10.2 Å². The molecule has 0 spiro atoms. The minimum Gasteiger partial charge on any atom is -0.478 e. The molecule has 150 valence electrons. The molecule has 1 amide bonds. The van der Waals surface area contributed by atoms with Crippen molar-refractivity contribution in [2.45, 2.75) is 32.3 Å². The van der Waals surface area contributed by atoms with E-state index in [1.807, 2.05) is 0 Å². The fourth-order valence-corrected chi connectivity index (χ4v) is 2.76. The van der Waals surface area contributed by atoms with Gasteiger partial charge in [0, 0.05) is 20.0 Å². The molecule has 0 aliphatic heterocycles. The van der Waals surface area contributed by atoms with E-state index in [2.05, 4.69) is 5.43 Å². The number of amides is 1. The van der Waals surface area contributed by atoms with Gasteiger partial charge in [-0.05, 0) is 54.7 Å². The summed E-state index contributed by atoms with van der Waals surface area (Å²) in [6, 6.07) is 12.5. The summed E-state index contributed by atoms with van der Waals surface area (Å²) >= 11 is 0. The number of nitrogens with zero attached hydrogens (tertiary/aromatic N) is 1. The highest BCUT2D eigenvalue weighted by atomic mass is 19.1. The van der Waals surface area contributed by atoms with Crippen LogP contribution in [-0.4, -0.2) is 46.3 Å². The summed E-state index contributed by atoms with van der Waals surface area (Å²) < 4.78 is 12.9. The maximum Gasteiger partial charge on any atom is 0.335 e. The van der Waals surface area contributed by atoms with Gasteiger partial charge in [0.15, 0.2) is 0 Å². The molecule has 1 atom stereocenters. The average Bonchev–Trinajstić information content (AvgIpc) is 2.66. The maximum absolute atomic E-state index is 12.9. The third-order valence-corrected chi connectivity index (χ3v) is 4.37. The van der Waals surface area contributed by atoms with Gasteiger partial charge >= 0.3 is 5.97 Å². The molecular formula is C21H25FN2O4. The SMILES string of the molecule is CC(=O)N(CCc1ccc(C(=O)O)cc1)NCCC(O)Cc1ccc(F)cc1. The van der Waals surface area contributed by atoms with E-state index in [1.54, 1.807) is 24.3 Å². The van der Waals surface area contributed by atoms with E-state index < -0.39 is 12.1 Å². The molecule has 0 bridgehead atoms. The molecule has 2 aromatic rings. The first-order valence-corrected chi connectivity index (χ1v) is 9.11. The largest absolute Gasteiger partial charge is 0.478 e. The number of aliphatic hydroxyl groups excluding tert-OH is 1. The average molecular weight is 388 g/mol. The fourth-order valence-electron chi connectivity index (χ4n) is 2.76. The van der Waals surface area contributed by atoms with Gasteiger partial charge in [0.25, 0.3) is 0 Å². The predicted octanol–water partition coefficient (Wildman–Crippen LogP) is 2.41. The van der Waals surface area contributed by atoms with Crippen molar-refractivity contribution < 1.29 is 24.2 Å². The first-order chi connectivity index (χ1) is 13.3. The van der Waals surface area contributed by atoms with E-state index in [9.17, 15) is 19.1 Å². The number of benzene rings is 2. The Balaban J connectivity index is 1.76. The summed E-state index contributed by atoms with van der Waals surface area (Å²) in [5.74, 6) is -1.43. The van der Waals surface area contributed by atoms with E-state index in [-0.39, 0.29) is 17.3 Å². The second kappa shape index (κ2) is 10.5. The molecule has 28 heavy (non-hydrogen) atoms. The second-order valence-electron chi connectivity index (χ2n) is 6.60. The van der Waals surface area contributed by atoms with Gasteiger partial charge in [-0.1, -0.05) is 24.3 Å². The summed E-state index contributed by atoms with van der Waals surface area (Å²) in [5.41, 5.74) is 5.01. The van der Waals surface area contributed by atoms with Gasteiger partial charge in [-0.2, -0.15) is 0 Å². The van der Waals surface area contributed by atoms with Crippen molar-refractivity contribution in [1.82, 2.24) is 10.4 Å². The first kappa shape index (κ1) is 21.5. The van der Waals surface area contributed by atoms with Gasteiger partial charge in [-0.3, -0.25) is 9.80 Å². The van der Waals surface area contributed by atoms with E-state index in [0.29, 0.717) is 32.4 Å². The standard InChI is InChI=1S/C21H25FN2O4/c1-15(25)24(13-11-16-2-6-18(7-3-16)21(27)28)23-12-10-20(26)14-17-4-8-19(22)9-5-17/h2-9,20,23,26H,10-14H2,1H3,(H,27,28). The number of carboxylic acids is 1. The lowest BCUT2D eigenvalue weighted by Crippen LogP contribution is -2.44. The molecule has 6 nitrogen and oxygen atoms in total. The van der Waals surface area contributed by atoms with Crippen LogP contribution in [0.5, 0.6) is 0 Å². The molecule has 0 radical (unpaired) electrons. The quantitative estimate of drug-likeness (QED) is 0.544. The van der Waals surface area contributed by atoms with Crippen molar-refractivity contribution in [3.63, 3.8) is 0 Å². The van der Waals surface area contributed by atoms with Crippen LogP contribution in [0.3, 0.4) is 0 Å². The normalized spacial score (nSPS) is 11.8. The number of aromatic carboxylic acids is 1. The van der Waals surface area contributed by atoms with Crippen LogP contribution in [0.4, 0.5) is 4.39 Å². The lowest BCUT2D eigenvalue weighted by molar-refractivity contribution is -0.132. The summed E-state index contributed by atoms with van der Waals surface area (Å²) in [7, 11) is 0. The molecule has 0 saturated heterocycles. The van der Waals surface area contributed by atoms with Crippen molar-refractivity contribution in [1.29, 1.82) is 0 Å². The van der Waals surface area contributed by atoms with Crippen molar-refractivity contribution in [2.24, 2.45) is 0 Å². The van der Waals surface area contributed by atoms with Crippen LogP contribution < -0.4 is 5.43 Å². The minimum absolute atomic E-state index is 0.143. The first-order valence-electron chi connectivity index (χ1n) is 9.11. The zero-order valence-corrected chi connectivity index (χ0v) is 15.8. The molecule has 7 heteroatoms. The van der Waals surface area contributed by atoms with Gasteiger partial charge in [-0.15, -0.1) is 0 Å². The van der Waals surface area contributed by atoms with E-state index in [0.717, 1.165) is 11.1 Å². The zero-order chi connectivity index (χ0) is 20.5. The molecule has 0 fully saturated rings. The fraction of sp³-hybridized carbons (Fsp3) is 0.333. The van der Waals surface area contributed by atoms with E-state index in [4.69, 9.17) is 5.11 Å². The molecule has 0 aliphatic carbocycles. The number of halogens is 1. The minimum atomic E-state index is -0.974. The van der Waals surface area contributed by atoms with Gasteiger partial charge in [0.1, 0.15) is 5.82 Å². The number of hydrogen-bond acceptors (Lipinski definition) is 4. The Morgan fingerprint density at radius 2 is 1.68 bits per heavy atom. The third kappa shape index (κ3) is 7.09.